The lowest BCUT2D eigenvalue weighted by atomic mass is 9.96. The van der Waals surface area contributed by atoms with Crippen molar-refractivity contribution in [2.45, 2.75) is 31.5 Å². The molecule has 8 nitrogen and oxygen atoms in total. The maximum atomic E-state index is 12.3. The zero-order chi connectivity index (χ0) is 24.2. The van der Waals surface area contributed by atoms with E-state index in [2.05, 4.69) is 17.4 Å². The Bertz CT molecular complexity index is 1170. The molecular weight excluding hydrogens is 436 g/mol. The minimum atomic E-state index is -1.45. The Morgan fingerprint density at radius 2 is 1.65 bits per heavy atom. The molecule has 1 aliphatic carbocycles. The summed E-state index contributed by atoms with van der Waals surface area (Å²) in [6.45, 7) is 1.84. The number of rotatable bonds is 8. The lowest BCUT2D eigenvalue weighted by Gasteiger charge is -2.20. The normalized spacial score (nSPS) is 14.1. The van der Waals surface area contributed by atoms with E-state index in [-0.39, 0.29) is 36.7 Å². The lowest BCUT2D eigenvalue weighted by molar-refractivity contribution is -0.386. The Morgan fingerprint density at radius 1 is 1.03 bits per heavy atom. The summed E-state index contributed by atoms with van der Waals surface area (Å²) in [6, 6.07) is 20.5. The van der Waals surface area contributed by atoms with Gasteiger partial charge in [-0.1, -0.05) is 60.7 Å². The van der Waals surface area contributed by atoms with Crippen LogP contribution in [0.15, 0.2) is 66.7 Å². The number of nitro groups is 1. The molecule has 0 aromatic heterocycles. The van der Waals surface area contributed by atoms with Gasteiger partial charge in [0, 0.05) is 18.5 Å². The van der Waals surface area contributed by atoms with Gasteiger partial charge in [-0.15, -0.1) is 0 Å². The quantitative estimate of drug-likeness (QED) is 0.340. The van der Waals surface area contributed by atoms with Gasteiger partial charge in [0.2, 0.25) is 0 Å². The van der Waals surface area contributed by atoms with Gasteiger partial charge in [-0.25, -0.2) is 4.79 Å². The van der Waals surface area contributed by atoms with Crippen LogP contribution in [0.2, 0.25) is 0 Å². The van der Waals surface area contributed by atoms with Crippen LogP contribution in [-0.2, 0) is 4.74 Å². The van der Waals surface area contributed by atoms with Crippen molar-refractivity contribution in [3.05, 3.63) is 99.1 Å². The van der Waals surface area contributed by atoms with Crippen molar-refractivity contribution >= 4 is 11.8 Å². The predicted octanol–water partition coefficient (Wildman–Crippen LogP) is 4.23. The fourth-order valence-electron chi connectivity index (χ4n) is 4.53. The number of amides is 1. The first-order chi connectivity index (χ1) is 16.4. The van der Waals surface area contributed by atoms with Crippen LogP contribution in [0.1, 0.15) is 40.7 Å². The van der Waals surface area contributed by atoms with Crippen molar-refractivity contribution in [1.82, 2.24) is 5.32 Å². The third-order valence-electron chi connectivity index (χ3n) is 6.21. The van der Waals surface area contributed by atoms with E-state index in [1.165, 1.54) is 12.1 Å². The van der Waals surface area contributed by atoms with Crippen molar-refractivity contribution in [3.8, 4) is 11.1 Å². The first kappa shape index (κ1) is 23.4. The summed E-state index contributed by atoms with van der Waals surface area (Å²) >= 11 is 0. The second-order valence-electron chi connectivity index (χ2n) is 8.32. The van der Waals surface area contributed by atoms with Crippen LogP contribution in [0.4, 0.5) is 10.5 Å². The topological polar surface area (TPSA) is 122 Å². The molecule has 0 radical (unpaired) electrons. The number of aliphatic hydroxyl groups excluding tert-OH is 2. The van der Waals surface area contributed by atoms with E-state index in [0.29, 0.717) is 5.56 Å². The zero-order valence-electron chi connectivity index (χ0n) is 18.7. The Labute approximate surface area is 197 Å². The number of nitro benzene ring substituents is 1. The highest BCUT2D eigenvalue weighted by atomic mass is 16.6. The van der Waals surface area contributed by atoms with Gasteiger partial charge in [-0.2, -0.15) is 0 Å². The summed E-state index contributed by atoms with van der Waals surface area (Å²) in [4.78, 5) is 23.0. The fourth-order valence-corrected chi connectivity index (χ4v) is 4.53. The molecule has 34 heavy (non-hydrogen) atoms. The van der Waals surface area contributed by atoms with E-state index in [0.717, 1.165) is 22.3 Å². The molecule has 4 rings (SSSR count). The largest absolute Gasteiger partial charge is 0.449 e. The number of aryl methyl sites for hydroxylation is 1. The van der Waals surface area contributed by atoms with Crippen molar-refractivity contribution in [2.75, 3.05) is 13.2 Å². The molecule has 1 aliphatic rings. The van der Waals surface area contributed by atoms with E-state index in [1.807, 2.05) is 36.4 Å². The van der Waals surface area contributed by atoms with Gasteiger partial charge in [0.05, 0.1) is 16.6 Å². The monoisotopic (exact) mass is 462 g/mol. The molecule has 3 aromatic rings. The predicted molar refractivity (Wildman–Crippen MR) is 126 cm³/mol. The molecule has 0 fully saturated rings. The summed E-state index contributed by atoms with van der Waals surface area (Å²) in [5.41, 5.74) is 4.80. The molecule has 3 N–H and O–H groups in total. The van der Waals surface area contributed by atoms with Crippen LogP contribution in [0.25, 0.3) is 11.1 Å². The van der Waals surface area contributed by atoms with E-state index >= 15 is 0 Å². The van der Waals surface area contributed by atoms with Crippen molar-refractivity contribution in [2.24, 2.45) is 0 Å². The zero-order valence-corrected chi connectivity index (χ0v) is 18.7. The van der Waals surface area contributed by atoms with Crippen LogP contribution >= 0.6 is 0 Å². The molecule has 8 heteroatoms. The second kappa shape index (κ2) is 10.0. The number of hydrogen-bond donors (Lipinski definition) is 3. The Kier molecular flexibility index (Phi) is 6.90. The SMILES string of the molecule is Cc1cccc([N+](=O)[O-])c1C(O)C(O)CCNC(=O)OCC1c2ccccc2-c2ccccc21. The van der Waals surface area contributed by atoms with Crippen LogP contribution in [0.3, 0.4) is 0 Å². The third-order valence-corrected chi connectivity index (χ3v) is 6.21. The Morgan fingerprint density at radius 3 is 2.26 bits per heavy atom. The number of aliphatic hydroxyl groups is 2. The number of hydrogen-bond acceptors (Lipinski definition) is 6. The van der Waals surface area contributed by atoms with E-state index in [1.54, 1.807) is 13.0 Å². The van der Waals surface area contributed by atoms with Crippen LogP contribution in [0, 0.1) is 17.0 Å². The van der Waals surface area contributed by atoms with Gasteiger partial charge >= 0.3 is 6.09 Å². The summed E-state index contributed by atoms with van der Waals surface area (Å²) in [5.74, 6) is -0.0628. The highest BCUT2D eigenvalue weighted by Gasteiger charge is 2.30. The highest BCUT2D eigenvalue weighted by Crippen LogP contribution is 2.44. The number of fused-ring (bicyclic) bond motifs is 3. The molecule has 176 valence electrons. The van der Waals surface area contributed by atoms with Crippen LogP contribution < -0.4 is 5.32 Å². The Hall–Kier alpha value is -3.75. The van der Waals surface area contributed by atoms with Gasteiger partial charge in [-0.05, 0) is 41.2 Å². The van der Waals surface area contributed by atoms with Gasteiger partial charge in [0.25, 0.3) is 5.69 Å². The van der Waals surface area contributed by atoms with Gasteiger partial charge in [0.1, 0.15) is 12.7 Å². The number of carbonyl (C=O) groups excluding carboxylic acids is 1. The van der Waals surface area contributed by atoms with Crippen LogP contribution in [0.5, 0.6) is 0 Å². The number of ether oxygens (including phenoxy) is 1. The molecule has 0 heterocycles. The minimum absolute atomic E-state index is 0.00312. The molecule has 3 aromatic carbocycles. The molecule has 2 unspecified atom stereocenters. The average molecular weight is 463 g/mol. The molecule has 2 atom stereocenters. The molecule has 1 amide bonds. The minimum Gasteiger partial charge on any atom is -0.449 e. The summed E-state index contributed by atoms with van der Waals surface area (Å²) < 4.78 is 5.45. The molecule has 0 bridgehead atoms. The van der Waals surface area contributed by atoms with Gasteiger partial charge in [-0.3, -0.25) is 10.1 Å². The number of benzene rings is 3. The van der Waals surface area contributed by atoms with Crippen molar-refractivity contribution in [3.63, 3.8) is 0 Å². The molecule has 0 aliphatic heterocycles. The molecule has 0 saturated heterocycles. The standard InChI is InChI=1S/C26H26N2O6/c1-16-7-6-12-22(28(32)33)24(16)25(30)23(29)13-14-27-26(31)34-15-21-19-10-4-2-8-17(19)18-9-3-5-11-20(18)21/h2-12,21,23,25,29-30H,13-15H2,1H3,(H,27,31). The molecule has 0 saturated carbocycles. The first-order valence-electron chi connectivity index (χ1n) is 11.1. The van der Waals surface area contributed by atoms with E-state index in [4.69, 9.17) is 4.74 Å². The summed E-state index contributed by atoms with van der Waals surface area (Å²) in [7, 11) is 0. The number of nitrogens with one attached hydrogen (secondary N) is 1. The van der Waals surface area contributed by atoms with Crippen molar-refractivity contribution < 1.29 is 24.7 Å². The maximum absolute atomic E-state index is 12.3. The molecule has 0 spiro atoms. The lowest BCUT2D eigenvalue weighted by Crippen LogP contribution is -2.31. The number of alkyl carbamates (subject to hydrolysis) is 1. The van der Waals surface area contributed by atoms with E-state index < -0.39 is 23.2 Å². The number of carbonyl (C=O) groups is 1. The summed E-state index contributed by atoms with van der Waals surface area (Å²) in [6.07, 6.45) is -3.39. The second-order valence-corrected chi connectivity index (χ2v) is 8.32. The smallest absolute Gasteiger partial charge is 0.407 e. The maximum Gasteiger partial charge on any atom is 0.407 e. The number of nitrogens with zero attached hydrogens (tertiary/aromatic N) is 1. The van der Waals surface area contributed by atoms with Crippen molar-refractivity contribution in [1.29, 1.82) is 0 Å². The Balaban J connectivity index is 1.31. The highest BCUT2D eigenvalue weighted by molar-refractivity contribution is 5.79. The summed E-state index contributed by atoms with van der Waals surface area (Å²) in [5, 5.41) is 34.7. The first-order valence-corrected chi connectivity index (χ1v) is 11.1. The average Bonchev–Trinajstić information content (AvgIpc) is 3.15. The van der Waals surface area contributed by atoms with E-state index in [9.17, 15) is 25.1 Å². The van der Waals surface area contributed by atoms with Gasteiger partial charge < -0.3 is 20.3 Å². The molecular formula is C26H26N2O6. The fraction of sp³-hybridized carbons (Fsp3) is 0.269. The van der Waals surface area contributed by atoms with Gasteiger partial charge in [0.15, 0.2) is 0 Å². The van der Waals surface area contributed by atoms with Crippen LogP contribution in [-0.4, -0.2) is 40.5 Å². The third kappa shape index (κ3) is 4.64.